The van der Waals surface area contributed by atoms with E-state index in [-0.39, 0.29) is 70.4 Å². The van der Waals surface area contributed by atoms with E-state index in [1.807, 2.05) is 0 Å². The number of alkyl halides is 5. The lowest BCUT2D eigenvalue weighted by molar-refractivity contribution is -0.173. The second-order valence-electron chi connectivity index (χ2n) is 12.0. The maximum atomic E-state index is 13.8. The summed E-state index contributed by atoms with van der Waals surface area (Å²) in [6.45, 7) is -3.10. The van der Waals surface area contributed by atoms with Crippen LogP contribution in [0.3, 0.4) is 0 Å². The number of aromatic nitrogens is 5. The highest BCUT2D eigenvalue weighted by molar-refractivity contribution is 6.31. The molecule has 0 aliphatic carbocycles. The van der Waals surface area contributed by atoms with Crippen LogP contribution in [0, 0.1) is 5.92 Å². The van der Waals surface area contributed by atoms with Gasteiger partial charge in [0.15, 0.2) is 5.65 Å². The van der Waals surface area contributed by atoms with Crippen molar-refractivity contribution >= 4 is 34.7 Å². The fourth-order valence-electron chi connectivity index (χ4n) is 5.94. The lowest BCUT2D eigenvalue weighted by Crippen LogP contribution is -2.48. The van der Waals surface area contributed by atoms with E-state index in [9.17, 15) is 31.5 Å². The van der Waals surface area contributed by atoms with Crippen molar-refractivity contribution in [3.8, 4) is 17.0 Å². The third-order valence-corrected chi connectivity index (χ3v) is 8.77. The topological polar surface area (TPSA) is 119 Å². The molecule has 1 saturated heterocycles. The van der Waals surface area contributed by atoms with Crippen LogP contribution in [0.4, 0.5) is 27.6 Å². The molecule has 1 atom stereocenters. The zero-order chi connectivity index (χ0) is 36.1. The second-order valence-corrected chi connectivity index (χ2v) is 12.4. The number of fused-ring (bicyclic) bond motifs is 1. The van der Waals surface area contributed by atoms with Gasteiger partial charge < -0.3 is 20.3 Å². The summed E-state index contributed by atoms with van der Waals surface area (Å²) in [6, 6.07) is 13.9. The van der Waals surface area contributed by atoms with Crippen LogP contribution in [-0.4, -0.2) is 79.6 Å². The van der Waals surface area contributed by atoms with Crippen molar-refractivity contribution in [1.82, 2.24) is 34.6 Å². The molecule has 1 aliphatic heterocycles. The molecule has 0 bridgehead atoms. The third-order valence-electron chi connectivity index (χ3n) is 8.53. The van der Waals surface area contributed by atoms with Crippen LogP contribution in [-0.2, 0) is 17.8 Å². The molecule has 5 aromatic rings. The number of nitrogens with one attached hydrogen (secondary N) is 2. The third kappa shape index (κ3) is 8.80. The fraction of sp³-hybridized carbons (Fsp3) is 0.324. The minimum atomic E-state index is -4.37. The SMILES string of the molecule is O=C(Nc1cn(CC(=O)N2CCC(NCC(Cc3ccccc3)C(F)(F)F)CC2)nc1-c1cc(Cl)ccc1OC(F)F)c1cnn2cccnc12. The summed E-state index contributed by atoms with van der Waals surface area (Å²) in [5, 5.41) is 14.5. The number of carbonyl (C=O) groups is 2. The zero-order valence-corrected chi connectivity index (χ0v) is 27.6. The van der Waals surface area contributed by atoms with Crippen molar-refractivity contribution in [2.75, 3.05) is 25.0 Å². The summed E-state index contributed by atoms with van der Waals surface area (Å²) in [7, 11) is 0. The molecular formula is C34H32ClF5N8O3. The predicted molar refractivity (Wildman–Crippen MR) is 178 cm³/mol. The average molecular weight is 731 g/mol. The van der Waals surface area contributed by atoms with Crippen molar-refractivity contribution in [2.24, 2.45) is 5.92 Å². The number of nitrogens with zero attached hydrogens (tertiary/aromatic N) is 6. The lowest BCUT2D eigenvalue weighted by atomic mass is 9.97. The van der Waals surface area contributed by atoms with Crippen LogP contribution in [0.15, 0.2) is 79.4 Å². The molecule has 268 valence electrons. The standard InChI is InChI=1S/C34H32ClF5N8O3/c35-23-7-8-28(51-33(36)37)25(16-23)30-27(44-32(50)26-18-43-48-12-4-11-41-31(26)48)19-47(45-30)20-29(49)46-13-9-24(10-14-46)42-17-22(34(38,39)40)15-21-5-2-1-3-6-21/h1-8,11-12,16,18-19,22,24,33,42H,9-10,13-15,17,20H2,(H,44,50). The van der Waals surface area contributed by atoms with E-state index in [0.717, 1.165) is 0 Å². The molecule has 0 saturated carbocycles. The number of carbonyl (C=O) groups excluding carboxylic acids is 2. The largest absolute Gasteiger partial charge is 0.434 e. The van der Waals surface area contributed by atoms with Gasteiger partial charge in [-0.1, -0.05) is 41.9 Å². The summed E-state index contributed by atoms with van der Waals surface area (Å²) >= 11 is 6.20. The highest BCUT2D eigenvalue weighted by Gasteiger charge is 2.39. The molecule has 6 rings (SSSR count). The van der Waals surface area contributed by atoms with Crippen molar-refractivity contribution < 1.29 is 36.3 Å². The molecule has 11 nitrogen and oxygen atoms in total. The highest BCUT2D eigenvalue weighted by atomic mass is 35.5. The van der Waals surface area contributed by atoms with Crippen molar-refractivity contribution in [2.45, 2.75) is 44.6 Å². The van der Waals surface area contributed by atoms with Crippen LogP contribution in [0.5, 0.6) is 5.75 Å². The van der Waals surface area contributed by atoms with Gasteiger partial charge in [0.25, 0.3) is 5.91 Å². The molecule has 3 aromatic heterocycles. The van der Waals surface area contributed by atoms with Crippen LogP contribution in [0.1, 0.15) is 28.8 Å². The van der Waals surface area contributed by atoms with Crippen molar-refractivity contribution in [3.63, 3.8) is 0 Å². The van der Waals surface area contributed by atoms with E-state index in [4.69, 9.17) is 16.3 Å². The maximum Gasteiger partial charge on any atom is 0.393 e. The summed E-state index contributed by atoms with van der Waals surface area (Å²) in [4.78, 5) is 32.6. The second kappa shape index (κ2) is 15.4. The molecule has 17 heteroatoms. The van der Waals surface area contributed by atoms with E-state index in [1.165, 1.54) is 46.0 Å². The first kappa shape index (κ1) is 35.7. The molecule has 2 aromatic carbocycles. The van der Waals surface area contributed by atoms with Gasteiger partial charge in [-0.3, -0.25) is 14.3 Å². The molecule has 2 N–H and O–H groups in total. The van der Waals surface area contributed by atoms with Gasteiger partial charge in [0.05, 0.1) is 17.8 Å². The molecule has 1 fully saturated rings. The van der Waals surface area contributed by atoms with Gasteiger partial charge in [0, 0.05) is 54.9 Å². The normalized spacial score (nSPS) is 14.6. The average Bonchev–Trinajstić information content (AvgIpc) is 3.71. The van der Waals surface area contributed by atoms with E-state index in [0.29, 0.717) is 31.5 Å². The monoisotopic (exact) mass is 730 g/mol. The van der Waals surface area contributed by atoms with Gasteiger partial charge in [-0.15, -0.1) is 0 Å². The van der Waals surface area contributed by atoms with E-state index >= 15 is 0 Å². The van der Waals surface area contributed by atoms with E-state index in [2.05, 4.69) is 25.8 Å². The smallest absolute Gasteiger partial charge is 0.393 e. The Kier molecular flexibility index (Phi) is 10.8. The molecular weight excluding hydrogens is 699 g/mol. The molecule has 51 heavy (non-hydrogen) atoms. The molecule has 4 heterocycles. The predicted octanol–water partition coefficient (Wildman–Crippen LogP) is 6.10. The van der Waals surface area contributed by atoms with Crippen LogP contribution in [0.25, 0.3) is 16.9 Å². The Labute approximate surface area is 293 Å². The fourth-order valence-corrected chi connectivity index (χ4v) is 6.11. The number of ether oxygens (including phenoxy) is 1. The molecule has 0 radical (unpaired) electrons. The van der Waals surface area contributed by atoms with Gasteiger partial charge in [0.2, 0.25) is 5.91 Å². The molecule has 2 amide bonds. The lowest BCUT2D eigenvalue weighted by Gasteiger charge is -2.33. The number of halogens is 6. The Morgan fingerprint density at radius 1 is 1.06 bits per heavy atom. The minimum absolute atomic E-state index is 0.0105. The van der Waals surface area contributed by atoms with Gasteiger partial charge >= 0.3 is 12.8 Å². The number of rotatable bonds is 12. The molecule has 1 unspecified atom stereocenters. The maximum absolute atomic E-state index is 13.8. The summed E-state index contributed by atoms with van der Waals surface area (Å²) < 4.78 is 75.4. The number of likely N-dealkylation sites (tertiary alicyclic amines) is 1. The van der Waals surface area contributed by atoms with Gasteiger partial charge in [-0.2, -0.15) is 32.1 Å². The van der Waals surface area contributed by atoms with E-state index in [1.54, 1.807) is 47.5 Å². The number of amides is 2. The Balaban J connectivity index is 1.15. The quantitative estimate of drug-likeness (QED) is 0.149. The van der Waals surface area contributed by atoms with Crippen molar-refractivity contribution in [1.29, 1.82) is 0 Å². The number of hydrogen-bond donors (Lipinski definition) is 2. The minimum Gasteiger partial charge on any atom is -0.434 e. The van der Waals surface area contributed by atoms with Crippen LogP contribution < -0.4 is 15.4 Å². The number of piperidine rings is 1. The van der Waals surface area contributed by atoms with Gasteiger partial charge in [-0.25, -0.2) is 9.50 Å². The molecule has 1 aliphatic rings. The number of benzene rings is 2. The van der Waals surface area contributed by atoms with Crippen LogP contribution >= 0.6 is 11.6 Å². The Morgan fingerprint density at radius 3 is 2.55 bits per heavy atom. The Bertz CT molecular complexity index is 1980. The van der Waals surface area contributed by atoms with E-state index < -0.39 is 24.6 Å². The van der Waals surface area contributed by atoms with Gasteiger partial charge in [-0.05, 0) is 49.1 Å². The zero-order valence-electron chi connectivity index (χ0n) is 26.9. The first-order valence-corrected chi connectivity index (χ1v) is 16.4. The Morgan fingerprint density at radius 2 is 1.82 bits per heavy atom. The Hall–Kier alpha value is -5.09. The van der Waals surface area contributed by atoms with Gasteiger partial charge in [0.1, 0.15) is 23.6 Å². The summed E-state index contributed by atoms with van der Waals surface area (Å²) in [5.74, 6) is -2.77. The number of anilines is 1. The number of hydrogen-bond acceptors (Lipinski definition) is 7. The first-order valence-electron chi connectivity index (χ1n) is 16.0. The summed E-state index contributed by atoms with van der Waals surface area (Å²) in [5.41, 5.74) is 1.12. The molecule has 0 spiro atoms. The van der Waals surface area contributed by atoms with Crippen molar-refractivity contribution in [3.05, 3.63) is 95.5 Å². The summed E-state index contributed by atoms with van der Waals surface area (Å²) in [6.07, 6.45) is 2.18. The first-order chi connectivity index (χ1) is 24.4. The van der Waals surface area contributed by atoms with Crippen LogP contribution in [0.2, 0.25) is 5.02 Å². The highest BCUT2D eigenvalue weighted by Crippen LogP contribution is 2.37.